The highest BCUT2D eigenvalue weighted by atomic mass is 16.6. The van der Waals surface area contributed by atoms with E-state index in [0.717, 1.165) is 0 Å². The first kappa shape index (κ1) is 19.2. The van der Waals surface area contributed by atoms with Crippen LogP contribution in [-0.2, 0) is 9.57 Å². The number of hydrogen-bond acceptors (Lipinski definition) is 6. The summed E-state index contributed by atoms with van der Waals surface area (Å²) in [6.45, 7) is 5.49. The molecule has 0 aliphatic rings. The van der Waals surface area contributed by atoms with E-state index in [2.05, 4.69) is 5.16 Å². The molecule has 0 atom stereocenters. The number of benzene rings is 2. The van der Waals surface area contributed by atoms with Crippen LogP contribution in [-0.4, -0.2) is 29.9 Å². The van der Waals surface area contributed by atoms with Gasteiger partial charge in [-0.05, 0) is 29.4 Å². The van der Waals surface area contributed by atoms with Crippen molar-refractivity contribution in [2.75, 3.05) is 7.11 Å². The molecule has 0 aromatic heterocycles. The molecule has 2 aromatic rings. The number of aromatic hydroxyl groups is 1. The van der Waals surface area contributed by atoms with Crippen molar-refractivity contribution in [3.63, 3.8) is 0 Å². The van der Waals surface area contributed by atoms with E-state index in [0.29, 0.717) is 5.56 Å². The first-order valence-electron chi connectivity index (χ1n) is 8.00. The Balaban J connectivity index is 2.22. The molecule has 6 heteroatoms. The number of ketones is 1. The van der Waals surface area contributed by atoms with Gasteiger partial charge in [0.1, 0.15) is 12.9 Å². The van der Waals surface area contributed by atoms with Crippen molar-refractivity contribution in [3.05, 3.63) is 65.2 Å². The molecular formula is C20H21NO5. The lowest BCUT2D eigenvalue weighted by Crippen LogP contribution is -2.20. The van der Waals surface area contributed by atoms with Crippen LogP contribution in [0.3, 0.4) is 0 Å². The quantitative estimate of drug-likeness (QED) is 0.296. The summed E-state index contributed by atoms with van der Waals surface area (Å²) in [7, 11) is 1.31. The van der Waals surface area contributed by atoms with Gasteiger partial charge in [-0.25, -0.2) is 4.79 Å². The van der Waals surface area contributed by atoms with Crippen LogP contribution in [0.25, 0.3) is 0 Å². The molecular weight excluding hydrogens is 334 g/mol. The summed E-state index contributed by atoms with van der Waals surface area (Å²) < 4.78 is 5.25. The third kappa shape index (κ3) is 4.47. The minimum atomic E-state index is -0.682. The molecule has 0 amide bonds. The first-order chi connectivity index (χ1) is 12.2. The van der Waals surface area contributed by atoms with Gasteiger partial charge in [0.15, 0.2) is 5.78 Å². The van der Waals surface area contributed by atoms with Crippen LogP contribution in [0.5, 0.6) is 5.75 Å². The van der Waals surface area contributed by atoms with Crippen molar-refractivity contribution in [2.24, 2.45) is 10.6 Å². The third-order valence-corrected chi connectivity index (χ3v) is 3.56. The van der Waals surface area contributed by atoms with E-state index in [1.807, 2.05) is 20.8 Å². The number of hydrogen-bond donors (Lipinski definition) is 1. The monoisotopic (exact) mass is 355 g/mol. The van der Waals surface area contributed by atoms with Crippen LogP contribution < -0.4 is 0 Å². The second-order valence-electron chi connectivity index (χ2n) is 6.64. The van der Waals surface area contributed by atoms with Gasteiger partial charge in [0.05, 0.1) is 11.1 Å². The Morgan fingerprint density at radius 1 is 0.962 bits per heavy atom. The Morgan fingerprint density at radius 3 is 2.08 bits per heavy atom. The van der Waals surface area contributed by atoms with Crippen LogP contribution >= 0.6 is 0 Å². The van der Waals surface area contributed by atoms with Gasteiger partial charge >= 0.3 is 5.97 Å². The van der Waals surface area contributed by atoms with Gasteiger partial charge in [0.2, 0.25) is 0 Å². The Morgan fingerprint density at radius 2 is 1.54 bits per heavy atom. The van der Waals surface area contributed by atoms with Gasteiger partial charge in [-0.1, -0.05) is 45.0 Å². The molecule has 6 nitrogen and oxygen atoms in total. The van der Waals surface area contributed by atoms with Gasteiger partial charge in [-0.2, -0.15) is 0 Å². The SMILES string of the molecule is CON=C(OC(=O)c1ccc(C(=O)C(C)(C)C)cc1)c1ccccc1O. The maximum atomic E-state index is 12.4. The summed E-state index contributed by atoms with van der Waals surface area (Å²) in [5.74, 6) is -0.959. The number of carbonyl (C=O) groups is 2. The van der Waals surface area contributed by atoms with Crippen LogP contribution in [0.15, 0.2) is 53.7 Å². The number of ether oxygens (including phenoxy) is 1. The Labute approximate surface area is 152 Å². The second-order valence-corrected chi connectivity index (χ2v) is 6.64. The number of phenols is 1. The van der Waals surface area contributed by atoms with Crippen molar-refractivity contribution in [1.82, 2.24) is 0 Å². The van der Waals surface area contributed by atoms with Crippen molar-refractivity contribution < 1.29 is 24.3 Å². The molecule has 0 aliphatic heterocycles. The number of para-hydroxylation sites is 1. The van der Waals surface area contributed by atoms with Crippen molar-refractivity contribution in [1.29, 1.82) is 0 Å². The Bertz CT molecular complexity index is 832. The molecule has 0 saturated carbocycles. The van der Waals surface area contributed by atoms with Crippen LogP contribution in [0.1, 0.15) is 47.1 Å². The normalized spacial score (nSPS) is 11.8. The number of nitrogens with zero attached hydrogens (tertiary/aromatic N) is 1. The molecule has 0 unspecified atom stereocenters. The highest BCUT2D eigenvalue weighted by molar-refractivity contribution is 6.06. The predicted molar refractivity (Wildman–Crippen MR) is 97.3 cm³/mol. The Hall–Kier alpha value is -3.15. The van der Waals surface area contributed by atoms with Crippen LogP contribution in [0.4, 0.5) is 0 Å². The van der Waals surface area contributed by atoms with E-state index in [1.165, 1.54) is 25.3 Å². The van der Waals surface area contributed by atoms with E-state index in [-0.39, 0.29) is 28.6 Å². The van der Waals surface area contributed by atoms with Crippen LogP contribution in [0.2, 0.25) is 0 Å². The first-order valence-corrected chi connectivity index (χ1v) is 8.00. The van der Waals surface area contributed by atoms with Gasteiger partial charge in [-0.15, -0.1) is 0 Å². The fourth-order valence-electron chi connectivity index (χ4n) is 2.20. The molecule has 2 aromatic carbocycles. The maximum Gasteiger partial charge on any atom is 0.344 e. The minimum Gasteiger partial charge on any atom is -0.507 e. The molecule has 1 N–H and O–H groups in total. The average molecular weight is 355 g/mol. The highest BCUT2D eigenvalue weighted by Crippen LogP contribution is 2.22. The zero-order chi connectivity index (χ0) is 19.3. The summed E-state index contributed by atoms with van der Waals surface area (Å²) in [4.78, 5) is 29.3. The molecule has 0 saturated heterocycles. The maximum absolute atomic E-state index is 12.4. The topological polar surface area (TPSA) is 85.2 Å². The number of rotatable bonds is 4. The van der Waals surface area contributed by atoms with Gasteiger partial charge < -0.3 is 14.7 Å². The zero-order valence-corrected chi connectivity index (χ0v) is 15.1. The highest BCUT2D eigenvalue weighted by Gasteiger charge is 2.23. The summed E-state index contributed by atoms with van der Waals surface area (Å²) in [6, 6.07) is 12.5. The fourth-order valence-corrected chi connectivity index (χ4v) is 2.20. The summed E-state index contributed by atoms with van der Waals surface area (Å²) in [5.41, 5.74) is 0.475. The molecule has 0 radical (unpaired) electrons. The molecule has 136 valence electrons. The van der Waals surface area contributed by atoms with E-state index in [9.17, 15) is 14.7 Å². The summed E-state index contributed by atoms with van der Waals surface area (Å²) in [6.07, 6.45) is 0. The second kappa shape index (κ2) is 7.82. The van der Waals surface area contributed by atoms with Crippen molar-refractivity contribution in [3.8, 4) is 5.75 Å². The molecule has 0 bridgehead atoms. The molecule has 26 heavy (non-hydrogen) atoms. The van der Waals surface area contributed by atoms with Gasteiger partial charge in [0, 0.05) is 11.0 Å². The number of carbonyl (C=O) groups excluding carboxylic acids is 2. The summed E-state index contributed by atoms with van der Waals surface area (Å²) >= 11 is 0. The number of phenolic OH excluding ortho intramolecular Hbond substituents is 1. The zero-order valence-electron chi connectivity index (χ0n) is 15.1. The van der Waals surface area contributed by atoms with Crippen LogP contribution in [0, 0.1) is 5.41 Å². The van der Waals surface area contributed by atoms with E-state index >= 15 is 0 Å². The minimum absolute atomic E-state index is 0.0201. The van der Waals surface area contributed by atoms with Gasteiger partial charge in [-0.3, -0.25) is 4.79 Å². The van der Waals surface area contributed by atoms with Crippen molar-refractivity contribution in [2.45, 2.75) is 20.8 Å². The predicted octanol–water partition coefficient (Wildman–Crippen LogP) is 3.79. The molecule has 0 heterocycles. The third-order valence-electron chi connectivity index (χ3n) is 3.56. The smallest absolute Gasteiger partial charge is 0.344 e. The number of Topliss-reactive ketones (excluding diaryl/α,β-unsaturated/α-hetero) is 1. The molecule has 0 spiro atoms. The summed E-state index contributed by atoms with van der Waals surface area (Å²) in [5, 5.41) is 13.6. The largest absolute Gasteiger partial charge is 0.507 e. The lowest BCUT2D eigenvalue weighted by Gasteiger charge is -2.16. The average Bonchev–Trinajstić information content (AvgIpc) is 2.60. The molecule has 0 aliphatic carbocycles. The lowest BCUT2D eigenvalue weighted by molar-refractivity contribution is 0.0702. The number of oxime groups is 1. The van der Waals surface area contributed by atoms with E-state index < -0.39 is 11.4 Å². The molecule has 2 rings (SSSR count). The van der Waals surface area contributed by atoms with E-state index in [4.69, 9.17) is 9.57 Å². The number of esters is 1. The molecule has 0 fully saturated rings. The Kier molecular flexibility index (Phi) is 5.77. The van der Waals surface area contributed by atoms with Crippen molar-refractivity contribution >= 4 is 17.7 Å². The lowest BCUT2D eigenvalue weighted by atomic mass is 9.86. The standard InChI is InChI=1S/C20H21NO5/c1-20(2,3)17(23)13-9-11-14(12-10-13)19(24)26-18(21-25-4)15-7-5-6-8-16(15)22/h5-12,22H,1-4H3. The van der Waals surface area contributed by atoms with Gasteiger partial charge in [0.25, 0.3) is 5.90 Å². The van der Waals surface area contributed by atoms with E-state index in [1.54, 1.807) is 30.3 Å². The fraction of sp³-hybridized carbons (Fsp3) is 0.250.